The van der Waals surface area contributed by atoms with E-state index in [1.54, 1.807) is 0 Å². The molecule has 0 radical (unpaired) electrons. The topological polar surface area (TPSA) is 78.9 Å². The predicted molar refractivity (Wildman–Crippen MR) is 161 cm³/mol. The second-order valence-corrected chi connectivity index (χ2v) is 13.3. The summed E-state index contributed by atoms with van der Waals surface area (Å²) in [4.78, 5) is 42.3. The minimum Gasteiger partial charge on any atom is -0.461 e. The first-order chi connectivity index (χ1) is 20.0. The molecule has 4 aliphatic heterocycles. The van der Waals surface area contributed by atoms with Crippen molar-refractivity contribution >= 4 is 49.8 Å². The van der Waals surface area contributed by atoms with Crippen molar-refractivity contribution < 1.29 is 14.3 Å². The van der Waals surface area contributed by atoms with Gasteiger partial charge in [0.05, 0.1) is 24.2 Å². The van der Waals surface area contributed by atoms with E-state index >= 15 is 0 Å². The number of benzene rings is 2. The highest BCUT2D eigenvalue weighted by atomic mass is 79.9. The highest BCUT2D eigenvalue weighted by molar-refractivity contribution is 9.10. The summed E-state index contributed by atoms with van der Waals surface area (Å²) >= 11 is 3.78. The predicted octanol–water partition coefficient (Wildman–Crippen LogP) is 4.56. The number of ketones is 2. The smallest absolute Gasteiger partial charge is 0.318 e. The van der Waals surface area contributed by atoms with E-state index in [9.17, 15) is 9.59 Å². The van der Waals surface area contributed by atoms with Crippen LogP contribution in [-0.4, -0.2) is 71.3 Å². The molecule has 2 aromatic carbocycles. The Balaban J connectivity index is 1.15. The Morgan fingerprint density at radius 1 is 0.927 bits per heavy atom. The molecule has 4 fully saturated rings. The highest BCUT2D eigenvalue weighted by Crippen LogP contribution is 2.42. The van der Waals surface area contributed by atoms with Crippen LogP contribution in [0.3, 0.4) is 0 Å². The van der Waals surface area contributed by atoms with Gasteiger partial charge in [0.2, 0.25) is 0 Å². The maximum atomic E-state index is 12.6. The first-order valence-electron chi connectivity index (χ1n) is 15.0. The number of ether oxygens (including phenoxy) is 1. The van der Waals surface area contributed by atoms with Crippen LogP contribution in [0.25, 0.3) is 10.8 Å². The zero-order valence-electron chi connectivity index (χ0n) is 23.1. The van der Waals surface area contributed by atoms with Gasteiger partial charge in [-0.3, -0.25) is 14.5 Å². The summed E-state index contributed by atoms with van der Waals surface area (Å²) in [5, 5.41) is 2.40. The quantitative estimate of drug-likeness (QED) is 0.387. The lowest BCUT2D eigenvalue weighted by Gasteiger charge is -2.34. The molecule has 3 aromatic rings. The van der Waals surface area contributed by atoms with Crippen LogP contribution in [0.1, 0.15) is 43.4 Å². The first kappa shape index (κ1) is 25.7. The van der Waals surface area contributed by atoms with Gasteiger partial charge in [-0.15, -0.1) is 0 Å². The zero-order chi connectivity index (χ0) is 27.7. The Labute approximate surface area is 248 Å². The lowest BCUT2D eigenvalue weighted by molar-refractivity contribution is -0.123. The molecule has 0 amide bonds. The van der Waals surface area contributed by atoms with Gasteiger partial charge in [-0.25, -0.2) is 0 Å². The molecule has 3 saturated heterocycles. The average Bonchev–Trinajstić information content (AvgIpc) is 3.74. The standard InChI is InChI=1S/C32H34BrN5O3/c33-24-7-1-5-20-6-2-8-26(29(20)24)36-14-9-21-25(18-36)34-31(41-19-32-10-3-12-38(32)13-4-11-32)35-30(21)37-16-22-23(17-37)28(40)15-27(22)39/h1-2,5-8,22-23H,3-4,9-19H2. The molecule has 0 bridgehead atoms. The number of hydrogen-bond acceptors (Lipinski definition) is 8. The molecule has 8 nitrogen and oxygen atoms in total. The summed E-state index contributed by atoms with van der Waals surface area (Å²) < 4.78 is 7.56. The third kappa shape index (κ3) is 4.18. The monoisotopic (exact) mass is 615 g/mol. The molecule has 212 valence electrons. The van der Waals surface area contributed by atoms with E-state index in [1.165, 1.54) is 29.3 Å². The lowest BCUT2D eigenvalue weighted by atomic mass is 9.95. The largest absolute Gasteiger partial charge is 0.461 e. The molecule has 41 heavy (non-hydrogen) atoms. The lowest BCUT2D eigenvalue weighted by Crippen LogP contribution is -2.43. The SMILES string of the molecule is O=C1CC(=O)C2CN(c3nc(OCC45CCCN4CCC5)nc4c3CCN(c3cccc5cccc(Br)c35)C4)CC12. The van der Waals surface area contributed by atoms with Crippen molar-refractivity contribution in [2.75, 3.05) is 49.1 Å². The van der Waals surface area contributed by atoms with Crippen molar-refractivity contribution in [3.63, 3.8) is 0 Å². The van der Waals surface area contributed by atoms with E-state index in [4.69, 9.17) is 14.7 Å². The number of nitrogens with zero attached hydrogens (tertiary/aromatic N) is 5. The summed E-state index contributed by atoms with van der Waals surface area (Å²) in [5.41, 5.74) is 3.38. The van der Waals surface area contributed by atoms with Crippen molar-refractivity contribution in [1.29, 1.82) is 0 Å². The van der Waals surface area contributed by atoms with Crippen LogP contribution in [0.2, 0.25) is 0 Å². The van der Waals surface area contributed by atoms with E-state index in [0.717, 1.165) is 60.4 Å². The minimum atomic E-state index is -0.213. The summed E-state index contributed by atoms with van der Waals surface area (Å²) in [6.45, 7) is 5.48. The van der Waals surface area contributed by atoms with Gasteiger partial charge in [0, 0.05) is 52.6 Å². The summed E-state index contributed by atoms with van der Waals surface area (Å²) in [5.74, 6) is 0.587. The number of anilines is 2. The van der Waals surface area contributed by atoms with Crippen molar-refractivity contribution in [3.05, 3.63) is 52.1 Å². The van der Waals surface area contributed by atoms with Crippen LogP contribution < -0.4 is 14.5 Å². The Bertz CT molecular complexity index is 1540. The number of rotatable bonds is 5. The van der Waals surface area contributed by atoms with Gasteiger partial charge in [-0.1, -0.05) is 40.2 Å². The molecular formula is C32H34BrN5O3. The zero-order valence-corrected chi connectivity index (χ0v) is 24.7. The van der Waals surface area contributed by atoms with Crippen molar-refractivity contribution in [2.45, 2.75) is 50.6 Å². The van der Waals surface area contributed by atoms with Gasteiger partial charge >= 0.3 is 6.01 Å². The highest BCUT2D eigenvalue weighted by Gasteiger charge is 2.49. The fourth-order valence-electron chi connectivity index (χ4n) is 8.18. The van der Waals surface area contributed by atoms with Crippen molar-refractivity contribution in [3.8, 4) is 6.01 Å². The fraction of sp³-hybridized carbons (Fsp3) is 0.500. The second-order valence-electron chi connectivity index (χ2n) is 12.5. The minimum absolute atomic E-state index is 0.0799. The van der Waals surface area contributed by atoms with Crippen LogP contribution >= 0.6 is 15.9 Å². The molecule has 2 atom stereocenters. The summed E-state index contributed by atoms with van der Waals surface area (Å²) in [6.07, 6.45) is 5.63. The van der Waals surface area contributed by atoms with Gasteiger partial charge in [-0.05, 0) is 62.7 Å². The fourth-order valence-corrected chi connectivity index (χ4v) is 8.77. The van der Waals surface area contributed by atoms with Crippen LogP contribution in [-0.2, 0) is 22.6 Å². The number of aromatic nitrogens is 2. The third-order valence-electron chi connectivity index (χ3n) is 10.3. The van der Waals surface area contributed by atoms with Crippen LogP contribution in [0.5, 0.6) is 6.01 Å². The van der Waals surface area contributed by atoms with Crippen LogP contribution in [0.4, 0.5) is 11.5 Å². The Hall–Kier alpha value is -3.04. The number of hydrogen-bond donors (Lipinski definition) is 0. The summed E-state index contributed by atoms with van der Waals surface area (Å²) in [6, 6.07) is 13.2. The molecule has 5 aliphatic rings. The average molecular weight is 617 g/mol. The molecule has 9 heteroatoms. The Kier molecular flexibility index (Phi) is 6.11. The molecule has 1 aromatic heterocycles. The molecular weight excluding hydrogens is 582 g/mol. The van der Waals surface area contributed by atoms with Crippen molar-refractivity contribution in [1.82, 2.24) is 14.9 Å². The Morgan fingerprint density at radius 2 is 1.66 bits per heavy atom. The van der Waals surface area contributed by atoms with Gasteiger partial charge in [0.15, 0.2) is 0 Å². The number of halogens is 1. The van der Waals surface area contributed by atoms with E-state index < -0.39 is 0 Å². The van der Waals surface area contributed by atoms with Gasteiger partial charge in [0.25, 0.3) is 0 Å². The second kappa shape index (κ2) is 9.76. The number of fused-ring (bicyclic) bond motifs is 4. The molecule has 5 heterocycles. The molecule has 0 N–H and O–H groups in total. The van der Waals surface area contributed by atoms with Crippen LogP contribution in [0, 0.1) is 11.8 Å². The van der Waals surface area contributed by atoms with Gasteiger partial charge < -0.3 is 14.5 Å². The Morgan fingerprint density at radius 3 is 2.41 bits per heavy atom. The molecule has 1 aliphatic carbocycles. The van der Waals surface area contributed by atoms with Gasteiger partial charge in [0.1, 0.15) is 24.0 Å². The van der Waals surface area contributed by atoms with E-state index in [0.29, 0.717) is 32.3 Å². The normalized spacial score (nSPS) is 25.2. The molecule has 2 unspecified atom stereocenters. The van der Waals surface area contributed by atoms with Crippen LogP contribution in [0.15, 0.2) is 40.9 Å². The maximum Gasteiger partial charge on any atom is 0.318 e. The first-order valence-corrected chi connectivity index (χ1v) is 15.8. The van der Waals surface area contributed by atoms with E-state index in [-0.39, 0.29) is 35.4 Å². The number of carbonyl (C=O) groups is 2. The number of Topliss-reactive ketones (excluding diaryl/α,β-unsaturated/α-hetero) is 2. The van der Waals surface area contributed by atoms with E-state index in [2.05, 4.69) is 67.0 Å². The molecule has 0 spiro atoms. The van der Waals surface area contributed by atoms with E-state index in [1.807, 2.05) is 0 Å². The maximum absolute atomic E-state index is 12.6. The molecule has 1 saturated carbocycles. The summed E-state index contributed by atoms with van der Waals surface area (Å²) in [7, 11) is 0. The van der Waals surface area contributed by atoms with Gasteiger partial charge in [-0.2, -0.15) is 9.97 Å². The van der Waals surface area contributed by atoms with Crippen molar-refractivity contribution in [2.24, 2.45) is 11.8 Å². The number of carbonyl (C=O) groups excluding carboxylic acids is 2. The molecule has 8 rings (SSSR count). The third-order valence-corrected chi connectivity index (χ3v) is 10.9.